The molecule has 2 nitrogen and oxygen atoms in total. The molecule has 1 heterocycles. The van der Waals surface area contributed by atoms with Crippen molar-refractivity contribution in [2.45, 2.75) is 46.6 Å². The zero-order chi connectivity index (χ0) is 10.9. The van der Waals surface area contributed by atoms with Crippen LogP contribution < -0.4 is 5.56 Å². The second kappa shape index (κ2) is 3.99. The maximum Gasteiger partial charge on any atom is 0.250 e. The van der Waals surface area contributed by atoms with Gasteiger partial charge in [-0.25, -0.2) is 0 Å². The lowest BCUT2D eigenvalue weighted by Crippen LogP contribution is -2.26. The van der Waals surface area contributed by atoms with Crippen LogP contribution in [0.25, 0.3) is 0 Å². The summed E-state index contributed by atoms with van der Waals surface area (Å²) in [6.45, 7) is 10.4. The lowest BCUT2D eigenvalue weighted by atomic mass is 10.0. The van der Waals surface area contributed by atoms with Crippen molar-refractivity contribution in [3.63, 3.8) is 0 Å². The Morgan fingerprint density at radius 3 is 2.07 bits per heavy atom. The Morgan fingerprint density at radius 2 is 1.71 bits per heavy atom. The number of hydrogen-bond donors (Lipinski definition) is 0. The van der Waals surface area contributed by atoms with E-state index in [9.17, 15) is 4.79 Å². The van der Waals surface area contributed by atoms with Crippen molar-refractivity contribution >= 4 is 0 Å². The molecule has 0 radical (unpaired) electrons. The van der Waals surface area contributed by atoms with Gasteiger partial charge in [-0.2, -0.15) is 0 Å². The molecule has 0 atom stereocenters. The molecule has 0 N–H and O–H groups in total. The molecule has 0 aliphatic rings. The zero-order valence-corrected chi connectivity index (χ0v) is 9.66. The highest BCUT2D eigenvalue weighted by Crippen LogP contribution is 2.19. The van der Waals surface area contributed by atoms with Crippen LogP contribution in [0.15, 0.2) is 16.9 Å². The summed E-state index contributed by atoms with van der Waals surface area (Å²) in [5.74, 6) is 0.395. The summed E-state index contributed by atoms with van der Waals surface area (Å²) in [7, 11) is 0. The first-order valence-corrected chi connectivity index (χ1v) is 5.17. The fourth-order valence-electron chi connectivity index (χ4n) is 1.94. The van der Waals surface area contributed by atoms with Crippen molar-refractivity contribution in [2.24, 2.45) is 0 Å². The third-order valence-electron chi connectivity index (χ3n) is 2.44. The minimum absolute atomic E-state index is 0.106. The van der Waals surface area contributed by atoms with Gasteiger partial charge in [0, 0.05) is 17.8 Å². The normalized spacial score (nSPS) is 11.4. The van der Waals surface area contributed by atoms with Crippen molar-refractivity contribution in [3.8, 4) is 0 Å². The minimum Gasteiger partial charge on any atom is -0.310 e. The number of aromatic nitrogens is 1. The van der Waals surface area contributed by atoms with Gasteiger partial charge in [-0.05, 0) is 32.3 Å². The van der Waals surface area contributed by atoms with E-state index < -0.39 is 0 Å². The van der Waals surface area contributed by atoms with Gasteiger partial charge in [-0.15, -0.1) is 0 Å². The van der Waals surface area contributed by atoms with E-state index in [2.05, 4.69) is 20.8 Å². The van der Waals surface area contributed by atoms with E-state index in [-0.39, 0.29) is 11.6 Å². The van der Waals surface area contributed by atoms with Gasteiger partial charge in [-0.3, -0.25) is 4.79 Å². The molecule has 0 amide bonds. The molecule has 1 aromatic heterocycles. The van der Waals surface area contributed by atoms with Crippen LogP contribution in [-0.4, -0.2) is 4.57 Å². The Labute approximate surface area is 85.6 Å². The van der Waals surface area contributed by atoms with Crippen molar-refractivity contribution in [2.75, 3.05) is 0 Å². The summed E-state index contributed by atoms with van der Waals surface area (Å²) in [6, 6.07) is 3.80. The molecule has 0 unspecified atom stereocenters. The summed E-state index contributed by atoms with van der Waals surface area (Å²) >= 11 is 0. The van der Waals surface area contributed by atoms with E-state index in [4.69, 9.17) is 0 Å². The SMILES string of the molecule is Cc1ccc(=O)n(C(C)C)c1C(C)C. The summed E-state index contributed by atoms with van der Waals surface area (Å²) in [6.07, 6.45) is 0. The van der Waals surface area contributed by atoms with Crippen LogP contribution in [0.4, 0.5) is 0 Å². The number of nitrogens with zero attached hydrogens (tertiary/aromatic N) is 1. The molecule has 1 aromatic rings. The first-order chi connectivity index (χ1) is 6.45. The molecule has 0 aliphatic heterocycles. The Morgan fingerprint density at radius 1 is 1.14 bits per heavy atom. The summed E-state index contributed by atoms with van der Waals surface area (Å²) < 4.78 is 1.89. The monoisotopic (exact) mass is 193 g/mol. The van der Waals surface area contributed by atoms with Crippen LogP contribution >= 0.6 is 0 Å². The van der Waals surface area contributed by atoms with Crippen molar-refractivity contribution in [3.05, 3.63) is 33.7 Å². The maximum absolute atomic E-state index is 11.7. The highest BCUT2D eigenvalue weighted by Gasteiger charge is 2.12. The Hall–Kier alpha value is -1.05. The van der Waals surface area contributed by atoms with Gasteiger partial charge in [0.2, 0.25) is 0 Å². The molecule has 0 spiro atoms. The molecule has 0 aromatic carbocycles. The average molecular weight is 193 g/mol. The maximum atomic E-state index is 11.7. The quantitative estimate of drug-likeness (QED) is 0.708. The van der Waals surface area contributed by atoms with Gasteiger partial charge < -0.3 is 4.57 Å². The van der Waals surface area contributed by atoms with Gasteiger partial charge in [0.15, 0.2) is 0 Å². The molecule has 0 saturated heterocycles. The average Bonchev–Trinajstić information content (AvgIpc) is 2.07. The summed E-state index contributed by atoms with van der Waals surface area (Å²) in [5.41, 5.74) is 2.47. The molecule has 1 rings (SSSR count). The second-order valence-electron chi connectivity index (χ2n) is 4.36. The Balaban J connectivity index is 3.50. The van der Waals surface area contributed by atoms with Crippen LogP contribution in [0.1, 0.15) is 50.9 Å². The van der Waals surface area contributed by atoms with Crippen LogP contribution in [0.3, 0.4) is 0 Å². The van der Waals surface area contributed by atoms with E-state index in [0.717, 1.165) is 5.69 Å². The van der Waals surface area contributed by atoms with Gasteiger partial charge >= 0.3 is 0 Å². The predicted molar refractivity (Wildman–Crippen MR) is 59.9 cm³/mol. The highest BCUT2D eigenvalue weighted by molar-refractivity contribution is 5.22. The van der Waals surface area contributed by atoms with Crippen molar-refractivity contribution in [1.82, 2.24) is 4.57 Å². The number of rotatable bonds is 2. The first-order valence-electron chi connectivity index (χ1n) is 5.17. The molecule has 0 saturated carbocycles. The predicted octanol–water partition coefficient (Wildman–Crippen LogP) is 2.86. The molecule has 2 heteroatoms. The lowest BCUT2D eigenvalue weighted by molar-refractivity contribution is 0.531. The number of hydrogen-bond acceptors (Lipinski definition) is 1. The Bertz CT molecular complexity index is 374. The fraction of sp³-hybridized carbons (Fsp3) is 0.583. The van der Waals surface area contributed by atoms with Crippen molar-refractivity contribution < 1.29 is 0 Å². The zero-order valence-electron chi connectivity index (χ0n) is 9.66. The molecular formula is C12H19NO. The van der Waals surface area contributed by atoms with Crippen molar-refractivity contribution in [1.29, 1.82) is 0 Å². The fourth-order valence-corrected chi connectivity index (χ4v) is 1.94. The third kappa shape index (κ3) is 1.89. The molecular weight excluding hydrogens is 174 g/mol. The van der Waals surface area contributed by atoms with Gasteiger partial charge in [0.1, 0.15) is 0 Å². The molecule has 14 heavy (non-hydrogen) atoms. The number of aryl methyl sites for hydroxylation is 1. The molecule has 78 valence electrons. The first kappa shape index (κ1) is 11.0. The molecule has 0 bridgehead atoms. The standard InChI is InChI=1S/C12H19NO/c1-8(2)12-10(5)6-7-11(14)13(12)9(3)4/h6-9H,1-5H3. The highest BCUT2D eigenvalue weighted by atomic mass is 16.1. The number of pyridine rings is 1. The van der Waals surface area contributed by atoms with E-state index in [1.807, 2.05) is 24.5 Å². The van der Waals surface area contributed by atoms with E-state index in [0.29, 0.717) is 5.92 Å². The lowest BCUT2D eigenvalue weighted by Gasteiger charge is -2.20. The van der Waals surface area contributed by atoms with Crippen LogP contribution in [0.2, 0.25) is 0 Å². The minimum atomic E-state index is 0.106. The topological polar surface area (TPSA) is 22.0 Å². The van der Waals surface area contributed by atoms with E-state index in [1.54, 1.807) is 6.07 Å². The summed E-state index contributed by atoms with van der Waals surface area (Å²) in [4.78, 5) is 11.7. The van der Waals surface area contributed by atoms with Crippen LogP contribution in [0, 0.1) is 6.92 Å². The molecule has 0 aliphatic carbocycles. The van der Waals surface area contributed by atoms with Gasteiger partial charge in [0.25, 0.3) is 5.56 Å². The molecule has 0 fully saturated rings. The Kier molecular flexibility index (Phi) is 3.14. The van der Waals surface area contributed by atoms with E-state index in [1.165, 1.54) is 5.56 Å². The van der Waals surface area contributed by atoms with Gasteiger partial charge in [-0.1, -0.05) is 19.9 Å². The third-order valence-corrected chi connectivity index (χ3v) is 2.44. The van der Waals surface area contributed by atoms with Gasteiger partial charge in [0.05, 0.1) is 0 Å². The van der Waals surface area contributed by atoms with Crippen LogP contribution in [-0.2, 0) is 0 Å². The summed E-state index contributed by atoms with van der Waals surface area (Å²) in [5, 5.41) is 0. The second-order valence-corrected chi connectivity index (χ2v) is 4.36. The van der Waals surface area contributed by atoms with E-state index >= 15 is 0 Å². The smallest absolute Gasteiger partial charge is 0.250 e. The van der Waals surface area contributed by atoms with Crippen LogP contribution in [0.5, 0.6) is 0 Å². The largest absolute Gasteiger partial charge is 0.310 e.